The molecule has 0 aliphatic carbocycles. The lowest BCUT2D eigenvalue weighted by atomic mass is 10.00. The van der Waals surface area contributed by atoms with Crippen LogP contribution < -0.4 is 10.1 Å². The number of nitrogens with zero attached hydrogens (tertiary/aromatic N) is 1. The number of pyridine rings is 1. The van der Waals surface area contributed by atoms with E-state index < -0.39 is 0 Å². The molecule has 0 spiro atoms. The zero-order valence-corrected chi connectivity index (χ0v) is 14.0. The number of aromatic nitrogens is 1. The Morgan fingerprint density at radius 3 is 2.62 bits per heavy atom. The summed E-state index contributed by atoms with van der Waals surface area (Å²) in [5.41, 5.74) is 2.23. The Morgan fingerprint density at radius 1 is 1.08 bits per heavy atom. The van der Waals surface area contributed by atoms with Crippen molar-refractivity contribution in [3.8, 4) is 5.75 Å². The molecule has 3 rings (SSSR count). The van der Waals surface area contributed by atoms with Crippen molar-refractivity contribution < 1.29 is 9.15 Å². The summed E-state index contributed by atoms with van der Waals surface area (Å²) in [6, 6.07) is 16.2. The first-order valence-corrected chi connectivity index (χ1v) is 8.15. The third-order valence-corrected chi connectivity index (χ3v) is 3.99. The number of methoxy groups -OCH3 is 1. The van der Waals surface area contributed by atoms with Gasteiger partial charge in [0.25, 0.3) is 0 Å². The Morgan fingerprint density at radius 2 is 1.92 bits per heavy atom. The van der Waals surface area contributed by atoms with Gasteiger partial charge in [-0.2, -0.15) is 0 Å². The first-order valence-electron chi connectivity index (χ1n) is 8.15. The standard InChI is InChI=1S/C20H22N2O2/c1-3-17-9-10-19(24-17)14-22-20(16-7-5-11-21-13-16)15-6-4-8-18(12-15)23-2/h4-13,20,22H,3,14H2,1-2H3/t20-/m1/s1. The Labute approximate surface area is 142 Å². The van der Waals surface area contributed by atoms with E-state index in [2.05, 4.69) is 29.4 Å². The number of hydrogen-bond donors (Lipinski definition) is 1. The minimum absolute atomic E-state index is 0.0176. The third kappa shape index (κ3) is 3.84. The van der Waals surface area contributed by atoms with Gasteiger partial charge in [-0.15, -0.1) is 0 Å². The zero-order valence-electron chi connectivity index (χ0n) is 14.0. The van der Waals surface area contributed by atoms with Crippen molar-refractivity contribution in [2.24, 2.45) is 0 Å². The van der Waals surface area contributed by atoms with Crippen LogP contribution in [0.3, 0.4) is 0 Å². The molecular weight excluding hydrogens is 300 g/mol. The maximum Gasteiger partial charge on any atom is 0.119 e. The van der Waals surface area contributed by atoms with Gasteiger partial charge in [-0.1, -0.05) is 25.1 Å². The van der Waals surface area contributed by atoms with E-state index in [4.69, 9.17) is 9.15 Å². The van der Waals surface area contributed by atoms with Crippen molar-refractivity contribution in [2.75, 3.05) is 7.11 Å². The molecule has 124 valence electrons. The second-order valence-electron chi connectivity index (χ2n) is 5.60. The van der Waals surface area contributed by atoms with Gasteiger partial charge in [0.15, 0.2) is 0 Å². The van der Waals surface area contributed by atoms with Crippen LogP contribution in [0, 0.1) is 0 Å². The van der Waals surface area contributed by atoms with Gasteiger partial charge in [0.05, 0.1) is 19.7 Å². The Kier molecular flexibility index (Phi) is 5.29. The molecule has 0 radical (unpaired) electrons. The molecule has 24 heavy (non-hydrogen) atoms. The van der Waals surface area contributed by atoms with Crippen LogP contribution in [-0.4, -0.2) is 12.1 Å². The highest BCUT2D eigenvalue weighted by molar-refractivity contribution is 5.36. The first-order chi connectivity index (χ1) is 11.8. The van der Waals surface area contributed by atoms with E-state index in [9.17, 15) is 0 Å². The van der Waals surface area contributed by atoms with Gasteiger partial charge < -0.3 is 9.15 Å². The summed E-state index contributed by atoms with van der Waals surface area (Å²) in [5.74, 6) is 2.78. The van der Waals surface area contributed by atoms with E-state index in [-0.39, 0.29) is 6.04 Å². The molecular formula is C20H22N2O2. The van der Waals surface area contributed by atoms with Crippen LogP contribution in [0.15, 0.2) is 65.3 Å². The van der Waals surface area contributed by atoms with Crippen molar-refractivity contribution >= 4 is 0 Å². The maximum absolute atomic E-state index is 5.80. The Hall–Kier alpha value is -2.59. The molecule has 0 unspecified atom stereocenters. The lowest BCUT2D eigenvalue weighted by Crippen LogP contribution is -2.22. The average molecular weight is 322 g/mol. The van der Waals surface area contributed by atoms with E-state index in [1.165, 1.54) is 0 Å². The molecule has 0 bridgehead atoms. The van der Waals surface area contributed by atoms with E-state index >= 15 is 0 Å². The highest BCUT2D eigenvalue weighted by Gasteiger charge is 2.15. The van der Waals surface area contributed by atoms with Gasteiger partial charge in [0.1, 0.15) is 17.3 Å². The van der Waals surface area contributed by atoms with Crippen LogP contribution in [0.25, 0.3) is 0 Å². The Bertz CT molecular complexity index is 768. The summed E-state index contributed by atoms with van der Waals surface area (Å²) >= 11 is 0. The van der Waals surface area contributed by atoms with E-state index in [0.717, 1.165) is 34.8 Å². The van der Waals surface area contributed by atoms with Gasteiger partial charge in [-0.3, -0.25) is 10.3 Å². The lowest BCUT2D eigenvalue weighted by Gasteiger charge is -2.19. The summed E-state index contributed by atoms with van der Waals surface area (Å²) in [4.78, 5) is 4.25. The number of furan rings is 1. The molecule has 0 aliphatic heterocycles. The van der Waals surface area contributed by atoms with Crippen LogP contribution in [-0.2, 0) is 13.0 Å². The van der Waals surface area contributed by atoms with Crippen LogP contribution in [0.2, 0.25) is 0 Å². The lowest BCUT2D eigenvalue weighted by molar-refractivity contribution is 0.412. The SMILES string of the molecule is CCc1ccc(CN[C@@H](c2cccnc2)c2cccc(OC)c2)o1. The number of hydrogen-bond acceptors (Lipinski definition) is 4. The van der Waals surface area contributed by atoms with Gasteiger partial charge in [0.2, 0.25) is 0 Å². The number of rotatable bonds is 7. The van der Waals surface area contributed by atoms with Crippen molar-refractivity contribution in [1.82, 2.24) is 10.3 Å². The average Bonchev–Trinajstić information content (AvgIpc) is 3.11. The molecule has 0 fully saturated rings. The monoisotopic (exact) mass is 322 g/mol. The second kappa shape index (κ2) is 7.79. The van der Waals surface area contributed by atoms with Crippen molar-refractivity contribution in [2.45, 2.75) is 25.9 Å². The number of ether oxygens (including phenoxy) is 1. The minimum Gasteiger partial charge on any atom is -0.497 e. The highest BCUT2D eigenvalue weighted by Crippen LogP contribution is 2.25. The minimum atomic E-state index is 0.0176. The van der Waals surface area contributed by atoms with E-state index in [0.29, 0.717) is 6.54 Å². The fraction of sp³-hybridized carbons (Fsp3) is 0.250. The molecule has 4 nitrogen and oxygen atoms in total. The largest absolute Gasteiger partial charge is 0.497 e. The summed E-state index contributed by atoms with van der Waals surface area (Å²) < 4.78 is 11.2. The molecule has 1 aromatic carbocycles. The third-order valence-electron chi connectivity index (χ3n) is 3.99. The Balaban J connectivity index is 1.84. The smallest absolute Gasteiger partial charge is 0.119 e. The fourth-order valence-electron chi connectivity index (χ4n) is 2.71. The van der Waals surface area contributed by atoms with Crippen molar-refractivity contribution in [3.63, 3.8) is 0 Å². The molecule has 1 atom stereocenters. The van der Waals surface area contributed by atoms with E-state index in [1.807, 2.05) is 42.6 Å². The first kappa shape index (κ1) is 16.3. The fourth-order valence-corrected chi connectivity index (χ4v) is 2.71. The molecule has 0 saturated carbocycles. The van der Waals surface area contributed by atoms with Gasteiger partial charge in [-0.25, -0.2) is 0 Å². The molecule has 0 amide bonds. The van der Waals surface area contributed by atoms with Gasteiger partial charge in [0, 0.05) is 18.8 Å². The number of nitrogens with one attached hydrogen (secondary N) is 1. The van der Waals surface area contributed by atoms with Crippen LogP contribution in [0.4, 0.5) is 0 Å². The normalized spacial score (nSPS) is 12.1. The molecule has 4 heteroatoms. The van der Waals surface area contributed by atoms with Crippen LogP contribution >= 0.6 is 0 Å². The predicted molar refractivity (Wildman–Crippen MR) is 94.0 cm³/mol. The molecule has 2 aromatic heterocycles. The van der Waals surface area contributed by atoms with Crippen molar-refractivity contribution in [3.05, 3.63) is 83.6 Å². The molecule has 0 aliphatic rings. The zero-order chi connectivity index (χ0) is 16.8. The predicted octanol–water partition coefficient (Wildman–Crippen LogP) is 4.12. The molecule has 0 saturated heterocycles. The maximum atomic E-state index is 5.80. The number of benzene rings is 1. The molecule has 3 aromatic rings. The van der Waals surface area contributed by atoms with Crippen LogP contribution in [0.5, 0.6) is 5.75 Å². The highest BCUT2D eigenvalue weighted by atomic mass is 16.5. The molecule has 1 N–H and O–H groups in total. The summed E-state index contributed by atoms with van der Waals surface area (Å²) in [6.07, 6.45) is 4.57. The van der Waals surface area contributed by atoms with Crippen molar-refractivity contribution in [1.29, 1.82) is 0 Å². The summed E-state index contributed by atoms with van der Waals surface area (Å²) in [7, 11) is 1.68. The summed E-state index contributed by atoms with van der Waals surface area (Å²) in [5, 5.41) is 3.57. The van der Waals surface area contributed by atoms with Gasteiger partial charge >= 0.3 is 0 Å². The van der Waals surface area contributed by atoms with E-state index in [1.54, 1.807) is 13.3 Å². The topological polar surface area (TPSA) is 47.3 Å². The summed E-state index contributed by atoms with van der Waals surface area (Å²) in [6.45, 7) is 2.74. The van der Waals surface area contributed by atoms with Gasteiger partial charge in [-0.05, 0) is 41.5 Å². The number of aryl methyl sites for hydroxylation is 1. The molecule has 2 heterocycles. The second-order valence-corrected chi connectivity index (χ2v) is 5.60. The van der Waals surface area contributed by atoms with Crippen LogP contribution in [0.1, 0.15) is 35.6 Å². The quantitative estimate of drug-likeness (QED) is 0.710.